The average molecular weight is 363 g/mol. The maximum atomic E-state index is 12.8. The van der Waals surface area contributed by atoms with Gasteiger partial charge in [-0.05, 0) is 63.5 Å². The highest BCUT2D eigenvalue weighted by Gasteiger charge is 2.25. The molecule has 1 fully saturated rings. The van der Waals surface area contributed by atoms with Crippen molar-refractivity contribution in [1.82, 2.24) is 25.4 Å². The molecule has 0 radical (unpaired) electrons. The van der Waals surface area contributed by atoms with Crippen LogP contribution in [0.25, 0.3) is 22.0 Å². The van der Waals surface area contributed by atoms with Crippen LogP contribution in [0, 0.1) is 0 Å². The first-order valence-electron chi connectivity index (χ1n) is 9.47. The number of aromatic amines is 1. The number of nitrogens with one attached hydrogen (secondary N) is 2. The van der Waals surface area contributed by atoms with E-state index in [9.17, 15) is 4.79 Å². The molecular weight excluding hydrogens is 338 g/mol. The van der Waals surface area contributed by atoms with Crippen molar-refractivity contribution in [2.45, 2.75) is 37.8 Å². The highest BCUT2D eigenvalue weighted by molar-refractivity contribution is 6.05. The van der Waals surface area contributed by atoms with Crippen LogP contribution in [0.1, 0.15) is 36.2 Å². The second-order valence-corrected chi connectivity index (χ2v) is 7.52. The zero-order valence-electron chi connectivity index (χ0n) is 15.8. The predicted octanol–water partition coefficient (Wildman–Crippen LogP) is 3.23. The first-order valence-corrected chi connectivity index (χ1v) is 9.47. The number of aromatic nitrogens is 3. The number of benzene rings is 1. The number of rotatable bonds is 4. The Morgan fingerprint density at radius 3 is 2.67 bits per heavy atom. The maximum absolute atomic E-state index is 12.8. The molecule has 0 aliphatic heterocycles. The Morgan fingerprint density at radius 2 is 1.96 bits per heavy atom. The molecule has 4 rings (SSSR count). The van der Waals surface area contributed by atoms with Crippen LogP contribution in [0.5, 0.6) is 0 Å². The molecule has 6 nitrogen and oxygen atoms in total. The Morgan fingerprint density at radius 1 is 1.15 bits per heavy atom. The Kier molecular flexibility index (Phi) is 4.90. The summed E-state index contributed by atoms with van der Waals surface area (Å²) in [5.74, 6) is -0.0992. The summed E-state index contributed by atoms with van der Waals surface area (Å²) in [6.07, 6.45) is 7.83. The van der Waals surface area contributed by atoms with Gasteiger partial charge in [-0.3, -0.25) is 14.9 Å². The van der Waals surface area contributed by atoms with Gasteiger partial charge >= 0.3 is 0 Å². The van der Waals surface area contributed by atoms with Gasteiger partial charge < -0.3 is 10.2 Å². The van der Waals surface area contributed by atoms with Gasteiger partial charge in [-0.2, -0.15) is 5.10 Å². The summed E-state index contributed by atoms with van der Waals surface area (Å²) >= 11 is 0. The van der Waals surface area contributed by atoms with Crippen LogP contribution in [0.3, 0.4) is 0 Å². The third-order valence-electron chi connectivity index (χ3n) is 5.54. The lowest BCUT2D eigenvalue weighted by atomic mass is 9.90. The first kappa shape index (κ1) is 17.7. The van der Waals surface area contributed by atoms with Gasteiger partial charge in [0.25, 0.3) is 5.91 Å². The first-order chi connectivity index (χ1) is 13.1. The molecule has 0 bridgehead atoms. The highest BCUT2D eigenvalue weighted by Crippen LogP contribution is 2.26. The van der Waals surface area contributed by atoms with E-state index in [2.05, 4.69) is 39.5 Å². The lowest BCUT2D eigenvalue weighted by Gasteiger charge is -2.32. The number of amides is 1. The molecule has 0 unspecified atom stereocenters. The number of pyridine rings is 1. The molecule has 1 aliphatic rings. The molecule has 3 aromatic rings. The third kappa shape index (κ3) is 3.71. The fraction of sp³-hybridized carbons (Fsp3) is 0.381. The van der Waals surface area contributed by atoms with Gasteiger partial charge in [-0.25, -0.2) is 0 Å². The van der Waals surface area contributed by atoms with E-state index in [1.54, 1.807) is 6.20 Å². The molecule has 2 heterocycles. The molecule has 2 N–H and O–H groups in total. The molecule has 2 aromatic heterocycles. The van der Waals surface area contributed by atoms with Crippen LogP contribution in [-0.4, -0.2) is 52.2 Å². The summed E-state index contributed by atoms with van der Waals surface area (Å²) in [5, 5.41) is 11.3. The van der Waals surface area contributed by atoms with E-state index in [1.807, 2.05) is 36.5 Å². The molecule has 0 saturated heterocycles. The molecule has 1 amide bonds. The molecule has 140 valence electrons. The normalized spacial score (nSPS) is 20.1. The van der Waals surface area contributed by atoms with Gasteiger partial charge in [-0.1, -0.05) is 12.1 Å². The zero-order valence-corrected chi connectivity index (χ0v) is 15.8. The minimum atomic E-state index is -0.0992. The highest BCUT2D eigenvalue weighted by atomic mass is 16.2. The standard InChI is InChI=1S/C21H25N5O/c1-26(2)17-8-6-16(7-9-17)23-21(27)20-18-12-14(5-10-19(18)24-25-20)15-4-3-11-22-13-15/h3-5,10-13,16-17H,6-9H2,1-2H3,(H,23,27)(H,24,25)/t16-,17-. The Balaban J connectivity index is 1.52. The molecule has 6 heteroatoms. The summed E-state index contributed by atoms with van der Waals surface area (Å²) in [4.78, 5) is 19.3. The Hall–Kier alpha value is -2.73. The van der Waals surface area contributed by atoms with Crippen LogP contribution >= 0.6 is 0 Å². The number of nitrogens with zero attached hydrogens (tertiary/aromatic N) is 3. The molecular formula is C21H25N5O. The van der Waals surface area contributed by atoms with Crippen molar-refractivity contribution in [3.63, 3.8) is 0 Å². The number of H-pyrrole nitrogens is 1. The number of hydrogen-bond acceptors (Lipinski definition) is 4. The van der Waals surface area contributed by atoms with Crippen LogP contribution in [0.2, 0.25) is 0 Å². The maximum Gasteiger partial charge on any atom is 0.272 e. The van der Waals surface area contributed by atoms with Gasteiger partial charge in [0.15, 0.2) is 5.69 Å². The number of carbonyl (C=O) groups excluding carboxylic acids is 1. The van der Waals surface area contributed by atoms with Gasteiger partial charge in [0.05, 0.1) is 5.52 Å². The quantitative estimate of drug-likeness (QED) is 0.746. The van der Waals surface area contributed by atoms with Gasteiger partial charge in [0.1, 0.15) is 0 Å². The third-order valence-corrected chi connectivity index (χ3v) is 5.54. The van der Waals surface area contributed by atoms with E-state index in [-0.39, 0.29) is 11.9 Å². The molecule has 1 aliphatic carbocycles. The summed E-state index contributed by atoms with van der Waals surface area (Å²) in [7, 11) is 4.25. The molecule has 27 heavy (non-hydrogen) atoms. The van der Waals surface area contributed by atoms with Crippen molar-refractivity contribution in [3.8, 4) is 11.1 Å². The predicted molar refractivity (Wildman–Crippen MR) is 107 cm³/mol. The SMILES string of the molecule is CN(C)[C@H]1CC[C@H](NC(=O)c2n[nH]c3ccc(-c4cccnc4)cc23)CC1. The van der Waals surface area contributed by atoms with Crippen LogP contribution in [0.4, 0.5) is 0 Å². The second kappa shape index (κ2) is 7.48. The van der Waals surface area contributed by atoms with Crippen molar-refractivity contribution in [2.24, 2.45) is 0 Å². The van der Waals surface area contributed by atoms with Crippen LogP contribution in [0.15, 0.2) is 42.7 Å². The van der Waals surface area contributed by atoms with Gasteiger partial charge in [0, 0.05) is 35.4 Å². The fourth-order valence-corrected chi connectivity index (χ4v) is 3.89. The van der Waals surface area contributed by atoms with Crippen molar-refractivity contribution in [2.75, 3.05) is 14.1 Å². The molecule has 1 saturated carbocycles. The fourth-order valence-electron chi connectivity index (χ4n) is 3.89. The largest absolute Gasteiger partial charge is 0.348 e. The average Bonchev–Trinajstić information content (AvgIpc) is 3.12. The van der Waals surface area contributed by atoms with Crippen molar-refractivity contribution >= 4 is 16.8 Å². The van der Waals surface area contributed by atoms with Crippen molar-refractivity contribution in [1.29, 1.82) is 0 Å². The topological polar surface area (TPSA) is 73.9 Å². The smallest absolute Gasteiger partial charge is 0.272 e. The van der Waals surface area contributed by atoms with E-state index < -0.39 is 0 Å². The van der Waals surface area contributed by atoms with Crippen molar-refractivity contribution in [3.05, 3.63) is 48.4 Å². The van der Waals surface area contributed by atoms with Crippen molar-refractivity contribution < 1.29 is 4.79 Å². The number of fused-ring (bicyclic) bond motifs is 1. The van der Waals surface area contributed by atoms with E-state index in [0.29, 0.717) is 11.7 Å². The summed E-state index contributed by atoms with van der Waals surface area (Å²) < 4.78 is 0. The van der Waals surface area contributed by atoms with E-state index in [1.165, 1.54) is 0 Å². The Labute approximate surface area is 159 Å². The lowest BCUT2D eigenvalue weighted by Crippen LogP contribution is -2.41. The van der Waals surface area contributed by atoms with E-state index in [4.69, 9.17) is 0 Å². The number of carbonyl (C=O) groups is 1. The van der Waals surface area contributed by atoms with E-state index >= 15 is 0 Å². The van der Waals surface area contributed by atoms with Gasteiger partial charge in [-0.15, -0.1) is 0 Å². The summed E-state index contributed by atoms with van der Waals surface area (Å²) in [5.41, 5.74) is 3.38. The van der Waals surface area contributed by atoms with Crippen LogP contribution < -0.4 is 5.32 Å². The summed E-state index contributed by atoms with van der Waals surface area (Å²) in [6.45, 7) is 0. The van der Waals surface area contributed by atoms with E-state index in [0.717, 1.165) is 47.7 Å². The minimum Gasteiger partial charge on any atom is -0.348 e. The zero-order chi connectivity index (χ0) is 18.8. The molecule has 0 spiro atoms. The second-order valence-electron chi connectivity index (χ2n) is 7.52. The molecule has 1 aromatic carbocycles. The van der Waals surface area contributed by atoms with Gasteiger partial charge in [0.2, 0.25) is 0 Å². The minimum absolute atomic E-state index is 0.0992. The van der Waals surface area contributed by atoms with Crippen LogP contribution in [-0.2, 0) is 0 Å². The molecule has 0 atom stereocenters. The number of hydrogen-bond donors (Lipinski definition) is 2. The Bertz CT molecular complexity index is 926. The monoisotopic (exact) mass is 363 g/mol. The lowest BCUT2D eigenvalue weighted by molar-refractivity contribution is 0.0912. The summed E-state index contributed by atoms with van der Waals surface area (Å²) in [6, 6.07) is 10.7.